The molecular formula is C18H15N9S. The van der Waals surface area contributed by atoms with Crippen molar-refractivity contribution in [1.82, 2.24) is 39.7 Å². The number of benzene rings is 1. The van der Waals surface area contributed by atoms with Crippen LogP contribution >= 0.6 is 11.3 Å². The SMILES string of the molecule is CCc1nc2nnc(-c3ccnc(Nc4nc5ccccc5s4)n3)c(C)n2n1. The van der Waals surface area contributed by atoms with E-state index in [1.165, 1.54) is 0 Å². The molecule has 0 radical (unpaired) electrons. The van der Waals surface area contributed by atoms with Crippen LogP contribution in [0.5, 0.6) is 0 Å². The van der Waals surface area contributed by atoms with E-state index < -0.39 is 0 Å². The van der Waals surface area contributed by atoms with Crippen molar-refractivity contribution in [2.24, 2.45) is 0 Å². The molecule has 0 spiro atoms. The highest BCUT2D eigenvalue weighted by molar-refractivity contribution is 7.22. The van der Waals surface area contributed by atoms with Gasteiger partial charge < -0.3 is 0 Å². The van der Waals surface area contributed by atoms with Gasteiger partial charge in [0, 0.05) is 12.6 Å². The topological polar surface area (TPSA) is 107 Å². The summed E-state index contributed by atoms with van der Waals surface area (Å²) < 4.78 is 2.80. The van der Waals surface area contributed by atoms with Crippen molar-refractivity contribution in [3.8, 4) is 11.4 Å². The maximum Gasteiger partial charge on any atom is 0.272 e. The molecule has 0 amide bonds. The molecule has 0 aliphatic carbocycles. The number of nitrogens with zero attached hydrogens (tertiary/aromatic N) is 8. The van der Waals surface area contributed by atoms with E-state index in [9.17, 15) is 0 Å². The smallest absolute Gasteiger partial charge is 0.272 e. The van der Waals surface area contributed by atoms with Gasteiger partial charge in [-0.25, -0.2) is 15.0 Å². The molecule has 138 valence electrons. The Morgan fingerprint density at radius 1 is 1.07 bits per heavy atom. The monoisotopic (exact) mass is 389 g/mol. The van der Waals surface area contributed by atoms with Gasteiger partial charge in [0.25, 0.3) is 5.78 Å². The highest BCUT2D eigenvalue weighted by atomic mass is 32.1. The fourth-order valence-electron chi connectivity index (χ4n) is 2.86. The summed E-state index contributed by atoms with van der Waals surface area (Å²) in [6.45, 7) is 3.93. The van der Waals surface area contributed by atoms with Crippen LogP contribution in [0, 0.1) is 6.92 Å². The molecule has 1 N–H and O–H groups in total. The lowest BCUT2D eigenvalue weighted by molar-refractivity contribution is 0.827. The third kappa shape index (κ3) is 2.83. The van der Waals surface area contributed by atoms with Crippen molar-refractivity contribution in [3.63, 3.8) is 0 Å². The molecule has 0 bridgehead atoms. The molecule has 0 saturated carbocycles. The largest absolute Gasteiger partial charge is 0.300 e. The number of fused-ring (bicyclic) bond motifs is 2. The Morgan fingerprint density at radius 3 is 2.82 bits per heavy atom. The average Bonchev–Trinajstić information content (AvgIpc) is 3.32. The predicted octanol–water partition coefficient (Wildman–Crippen LogP) is 3.20. The number of para-hydroxylation sites is 1. The second kappa shape index (κ2) is 6.57. The van der Waals surface area contributed by atoms with Gasteiger partial charge in [-0.2, -0.15) is 9.50 Å². The first-order valence-corrected chi connectivity index (χ1v) is 9.58. The van der Waals surface area contributed by atoms with Crippen molar-refractivity contribution in [2.45, 2.75) is 20.3 Å². The molecule has 1 aromatic carbocycles. The summed E-state index contributed by atoms with van der Waals surface area (Å²) in [6, 6.07) is 9.77. The van der Waals surface area contributed by atoms with Crippen molar-refractivity contribution >= 4 is 38.4 Å². The fourth-order valence-corrected chi connectivity index (χ4v) is 3.72. The summed E-state index contributed by atoms with van der Waals surface area (Å²) in [5.41, 5.74) is 3.05. The van der Waals surface area contributed by atoms with Crippen molar-refractivity contribution in [1.29, 1.82) is 0 Å². The average molecular weight is 389 g/mol. The summed E-state index contributed by atoms with van der Waals surface area (Å²) >= 11 is 1.55. The fraction of sp³-hybridized carbons (Fsp3) is 0.167. The first-order chi connectivity index (χ1) is 13.7. The Balaban J connectivity index is 1.51. The molecule has 0 atom stereocenters. The van der Waals surface area contributed by atoms with Gasteiger partial charge in [-0.3, -0.25) is 5.32 Å². The van der Waals surface area contributed by atoms with Gasteiger partial charge in [0.1, 0.15) is 5.69 Å². The second-order valence-electron chi connectivity index (χ2n) is 6.10. The van der Waals surface area contributed by atoms with E-state index in [4.69, 9.17) is 0 Å². The minimum atomic E-state index is 0.450. The van der Waals surface area contributed by atoms with Gasteiger partial charge in [0.15, 0.2) is 11.0 Å². The summed E-state index contributed by atoms with van der Waals surface area (Å²) in [5, 5.41) is 16.9. The van der Waals surface area contributed by atoms with Crippen LogP contribution < -0.4 is 5.32 Å². The standard InChI is InChI=1S/C18H15N9S/c1-3-14-22-17-25-24-15(10(2)27(17)26-14)12-8-9-19-16(20-12)23-18-21-11-6-4-5-7-13(11)28-18/h4-9H,3H2,1-2H3,(H,19,20,21,23). The number of rotatable bonds is 4. The molecule has 10 heteroatoms. The van der Waals surface area contributed by atoms with Gasteiger partial charge in [0.2, 0.25) is 5.95 Å². The second-order valence-corrected chi connectivity index (χ2v) is 7.14. The van der Waals surface area contributed by atoms with Crippen LogP contribution in [0.4, 0.5) is 11.1 Å². The lowest BCUT2D eigenvalue weighted by atomic mass is 10.2. The van der Waals surface area contributed by atoms with Crippen molar-refractivity contribution < 1.29 is 0 Å². The minimum absolute atomic E-state index is 0.450. The lowest BCUT2D eigenvalue weighted by Crippen LogP contribution is -2.05. The number of nitrogens with one attached hydrogen (secondary N) is 1. The molecule has 4 heterocycles. The Hall–Kier alpha value is -3.53. The molecule has 0 aliphatic heterocycles. The summed E-state index contributed by atoms with van der Waals surface area (Å²) in [6.07, 6.45) is 2.42. The number of aromatic nitrogens is 8. The van der Waals surface area contributed by atoms with Crippen LogP contribution in [-0.2, 0) is 6.42 Å². The Kier molecular flexibility index (Phi) is 3.90. The first kappa shape index (κ1) is 16.6. The Morgan fingerprint density at radius 2 is 1.96 bits per heavy atom. The minimum Gasteiger partial charge on any atom is -0.300 e. The van der Waals surface area contributed by atoms with Gasteiger partial charge in [0.05, 0.1) is 21.6 Å². The molecule has 5 aromatic rings. The summed E-state index contributed by atoms with van der Waals surface area (Å²) in [5.74, 6) is 1.67. The van der Waals surface area contributed by atoms with Gasteiger partial charge in [-0.1, -0.05) is 30.4 Å². The molecule has 5 rings (SSSR count). The van der Waals surface area contributed by atoms with Crippen LogP contribution in [0.2, 0.25) is 0 Å². The highest BCUT2D eigenvalue weighted by Gasteiger charge is 2.14. The first-order valence-electron chi connectivity index (χ1n) is 8.76. The van der Waals surface area contributed by atoms with Crippen LogP contribution in [0.25, 0.3) is 27.4 Å². The Labute approximate surface area is 163 Å². The van der Waals surface area contributed by atoms with Gasteiger partial charge in [-0.05, 0) is 25.1 Å². The molecule has 0 aliphatic rings. The van der Waals surface area contributed by atoms with Crippen LogP contribution in [0.15, 0.2) is 36.5 Å². The third-order valence-electron chi connectivity index (χ3n) is 4.26. The van der Waals surface area contributed by atoms with E-state index in [0.717, 1.165) is 33.3 Å². The maximum atomic E-state index is 4.58. The quantitative estimate of drug-likeness (QED) is 0.499. The molecule has 9 nitrogen and oxygen atoms in total. The van der Waals surface area contributed by atoms with Crippen LogP contribution in [-0.4, -0.2) is 39.7 Å². The number of anilines is 2. The van der Waals surface area contributed by atoms with E-state index in [0.29, 0.717) is 23.1 Å². The van der Waals surface area contributed by atoms with E-state index in [1.54, 1.807) is 28.1 Å². The number of hydrogen-bond donors (Lipinski definition) is 1. The maximum absolute atomic E-state index is 4.58. The zero-order valence-corrected chi connectivity index (χ0v) is 16.0. The third-order valence-corrected chi connectivity index (χ3v) is 5.21. The summed E-state index contributed by atoms with van der Waals surface area (Å²) in [4.78, 5) is 17.8. The number of hydrogen-bond acceptors (Lipinski definition) is 9. The Bertz CT molecular complexity index is 1270. The zero-order chi connectivity index (χ0) is 19.1. The van der Waals surface area contributed by atoms with Crippen molar-refractivity contribution in [3.05, 3.63) is 48.0 Å². The number of thiazole rings is 1. The number of aryl methyl sites for hydroxylation is 2. The van der Waals surface area contributed by atoms with Crippen LogP contribution in [0.3, 0.4) is 0 Å². The van der Waals surface area contributed by atoms with E-state index >= 15 is 0 Å². The predicted molar refractivity (Wildman–Crippen MR) is 107 cm³/mol. The van der Waals surface area contributed by atoms with Gasteiger partial charge in [-0.15, -0.1) is 15.3 Å². The molecule has 0 unspecified atom stereocenters. The van der Waals surface area contributed by atoms with Crippen molar-refractivity contribution in [2.75, 3.05) is 5.32 Å². The molecule has 4 aromatic heterocycles. The van der Waals surface area contributed by atoms with E-state index in [-0.39, 0.29) is 0 Å². The normalized spacial score (nSPS) is 11.4. The molecule has 28 heavy (non-hydrogen) atoms. The molecular weight excluding hydrogens is 374 g/mol. The lowest BCUT2D eigenvalue weighted by Gasteiger charge is -2.06. The molecule has 0 saturated heterocycles. The van der Waals surface area contributed by atoms with E-state index in [1.807, 2.05) is 38.1 Å². The van der Waals surface area contributed by atoms with E-state index in [2.05, 4.69) is 40.5 Å². The highest BCUT2D eigenvalue weighted by Crippen LogP contribution is 2.27. The van der Waals surface area contributed by atoms with Gasteiger partial charge >= 0.3 is 0 Å². The summed E-state index contributed by atoms with van der Waals surface area (Å²) in [7, 11) is 0. The zero-order valence-electron chi connectivity index (χ0n) is 15.2. The van der Waals surface area contributed by atoms with Crippen LogP contribution in [0.1, 0.15) is 18.4 Å². The molecule has 0 fully saturated rings.